The van der Waals surface area contributed by atoms with E-state index in [0.29, 0.717) is 25.7 Å². The summed E-state index contributed by atoms with van der Waals surface area (Å²) in [5.41, 5.74) is 2.11. The van der Waals surface area contributed by atoms with Gasteiger partial charge >= 0.3 is 0 Å². The molecule has 1 amide bonds. The summed E-state index contributed by atoms with van der Waals surface area (Å²) in [6.45, 7) is 3.81. The highest BCUT2D eigenvalue weighted by atomic mass is 16.7. The lowest BCUT2D eigenvalue weighted by atomic mass is 9.76. The molecule has 2 aliphatic heterocycles. The van der Waals surface area contributed by atoms with Crippen molar-refractivity contribution in [3.8, 4) is 11.5 Å². The van der Waals surface area contributed by atoms with Crippen LogP contribution in [0, 0.1) is 5.41 Å². The molecule has 1 atom stereocenters. The van der Waals surface area contributed by atoms with Crippen LogP contribution < -0.4 is 9.47 Å². The van der Waals surface area contributed by atoms with Gasteiger partial charge in [0.15, 0.2) is 11.5 Å². The Morgan fingerprint density at radius 3 is 2.93 bits per heavy atom. The average molecular weight is 368 g/mol. The zero-order valence-corrected chi connectivity index (χ0v) is 15.6. The molecular weight excluding hydrogens is 344 g/mol. The monoisotopic (exact) mass is 368 g/mol. The molecule has 5 rings (SSSR count). The molecule has 0 bridgehead atoms. The summed E-state index contributed by atoms with van der Waals surface area (Å²) >= 11 is 0. The van der Waals surface area contributed by atoms with Crippen molar-refractivity contribution in [1.82, 2.24) is 10.1 Å². The molecule has 3 heterocycles. The minimum Gasteiger partial charge on any atom is -0.454 e. The summed E-state index contributed by atoms with van der Waals surface area (Å²) in [5, 5.41) is 4.18. The minimum absolute atomic E-state index is 0.0324. The van der Waals surface area contributed by atoms with Crippen LogP contribution in [0.3, 0.4) is 0 Å². The fourth-order valence-corrected chi connectivity index (χ4v) is 4.19. The Labute approximate surface area is 158 Å². The number of nitrogens with zero attached hydrogens (tertiary/aromatic N) is 2. The van der Waals surface area contributed by atoms with Gasteiger partial charge in [-0.3, -0.25) is 4.79 Å². The summed E-state index contributed by atoms with van der Waals surface area (Å²) in [6.07, 6.45) is 4.74. The summed E-state index contributed by atoms with van der Waals surface area (Å²) in [6, 6.07) is 8.16. The number of rotatable bonds is 5. The molecular formula is C21H24N2O4. The maximum absolute atomic E-state index is 12.5. The zero-order chi connectivity index (χ0) is 18.4. The molecule has 142 valence electrons. The van der Waals surface area contributed by atoms with Crippen molar-refractivity contribution < 1.29 is 18.8 Å². The predicted molar refractivity (Wildman–Crippen MR) is 97.5 cm³/mol. The number of ether oxygens (including phenoxy) is 2. The van der Waals surface area contributed by atoms with Crippen LogP contribution >= 0.6 is 0 Å². The summed E-state index contributed by atoms with van der Waals surface area (Å²) in [7, 11) is 0. The fourth-order valence-electron chi connectivity index (χ4n) is 4.19. The van der Waals surface area contributed by atoms with Crippen LogP contribution in [0.4, 0.5) is 0 Å². The van der Waals surface area contributed by atoms with Gasteiger partial charge in [-0.25, -0.2) is 0 Å². The van der Waals surface area contributed by atoms with Gasteiger partial charge < -0.3 is 18.9 Å². The molecule has 1 saturated carbocycles. The largest absolute Gasteiger partial charge is 0.454 e. The topological polar surface area (TPSA) is 64.8 Å². The van der Waals surface area contributed by atoms with Crippen LogP contribution in [-0.4, -0.2) is 29.3 Å². The molecule has 27 heavy (non-hydrogen) atoms. The van der Waals surface area contributed by atoms with E-state index in [1.165, 1.54) is 18.4 Å². The molecule has 1 aromatic carbocycles. The maximum Gasteiger partial charge on any atom is 0.231 e. The SMILES string of the molecule is CC1(Cc2ccc3c(c2)OCO3)CCC(=O)N(Cc2cc(C3CC3)on2)C1. The first-order valence-electron chi connectivity index (χ1n) is 9.70. The number of hydrogen-bond acceptors (Lipinski definition) is 5. The lowest BCUT2D eigenvalue weighted by Crippen LogP contribution is -2.45. The number of carbonyl (C=O) groups excluding carboxylic acids is 1. The van der Waals surface area contributed by atoms with Gasteiger partial charge in [0, 0.05) is 24.9 Å². The number of likely N-dealkylation sites (tertiary alicyclic amines) is 1. The van der Waals surface area contributed by atoms with E-state index in [1.54, 1.807) is 0 Å². The highest BCUT2D eigenvalue weighted by Gasteiger charge is 2.36. The second-order valence-electron chi connectivity index (χ2n) is 8.42. The number of amides is 1. The second kappa shape index (κ2) is 6.29. The molecule has 6 nitrogen and oxygen atoms in total. The van der Waals surface area contributed by atoms with Gasteiger partial charge in [0.05, 0.1) is 6.54 Å². The number of aromatic nitrogens is 1. The van der Waals surface area contributed by atoms with Crippen molar-refractivity contribution in [2.24, 2.45) is 5.41 Å². The molecule has 0 spiro atoms. The van der Waals surface area contributed by atoms with Crippen LogP contribution in [0.25, 0.3) is 0 Å². The Balaban J connectivity index is 1.28. The van der Waals surface area contributed by atoms with E-state index in [9.17, 15) is 4.79 Å². The van der Waals surface area contributed by atoms with Crippen molar-refractivity contribution in [2.75, 3.05) is 13.3 Å². The molecule has 0 N–H and O–H groups in total. The Bertz CT molecular complexity index is 873. The number of benzene rings is 1. The Kier molecular flexibility index (Phi) is 3.88. The van der Waals surface area contributed by atoms with E-state index in [2.05, 4.69) is 24.2 Å². The Morgan fingerprint density at radius 2 is 2.07 bits per heavy atom. The van der Waals surface area contributed by atoms with Crippen molar-refractivity contribution in [2.45, 2.75) is 51.5 Å². The van der Waals surface area contributed by atoms with Crippen molar-refractivity contribution in [1.29, 1.82) is 0 Å². The Hall–Kier alpha value is -2.50. The molecule has 2 fully saturated rings. The van der Waals surface area contributed by atoms with E-state index in [4.69, 9.17) is 14.0 Å². The van der Waals surface area contributed by atoms with Crippen LogP contribution in [-0.2, 0) is 17.8 Å². The van der Waals surface area contributed by atoms with E-state index in [0.717, 1.165) is 42.3 Å². The Morgan fingerprint density at radius 1 is 1.22 bits per heavy atom. The van der Waals surface area contributed by atoms with Crippen LogP contribution in [0.2, 0.25) is 0 Å². The number of hydrogen-bond donors (Lipinski definition) is 0. The molecule has 0 radical (unpaired) electrons. The van der Waals surface area contributed by atoms with E-state index in [-0.39, 0.29) is 11.3 Å². The van der Waals surface area contributed by atoms with Gasteiger partial charge in [-0.05, 0) is 48.8 Å². The minimum atomic E-state index is 0.0324. The van der Waals surface area contributed by atoms with E-state index < -0.39 is 0 Å². The lowest BCUT2D eigenvalue weighted by molar-refractivity contribution is -0.138. The molecule has 1 saturated heterocycles. The quantitative estimate of drug-likeness (QED) is 0.806. The molecule has 6 heteroatoms. The zero-order valence-electron chi connectivity index (χ0n) is 15.6. The van der Waals surface area contributed by atoms with Gasteiger partial charge in [-0.15, -0.1) is 0 Å². The van der Waals surface area contributed by atoms with Crippen molar-refractivity contribution >= 4 is 5.91 Å². The molecule has 1 aliphatic carbocycles. The van der Waals surface area contributed by atoms with Gasteiger partial charge in [-0.1, -0.05) is 18.1 Å². The molecule has 2 aromatic rings. The standard InChI is InChI=1S/C21H24N2O4/c1-21(10-14-2-5-17-19(8-14)26-13-25-17)7-6-20(24)23(12-21)11-16-9-18(27-22-16)15-3-4-15/h2,5,8-9,15H,3-4,6-7,10-13H2,1H3. The number of fused-ring (bicyclic) bond motifs is 1. The first kappa shape index (κ1) is 16.7. The molecule has 1 aromatic heterocycles. The molecule has 3 aliphatic rings. The third-order valence-electron chi connectivity index (χ3n) is 5.85. The van der Waals surface area contributed by atoms with Crippen molar-refractivity contribution in [3.05, 3.63) is 41.3 Å². The lowest BCUT2D eigenvalue weighted by Gasteiger charge is -2.40. The molecule has 1 unspecified atom stereocenters. The predicted octanol–water partition coefficient (Wildman–Crippen LogP) is 3.65. The number of carbonyl (C=O) groups is 1. The summed E-state index contributed by atoms with van der Waals surface area (Å²) in [5.74, 6) is 3.34. The third kappa shape index (κ3) is 3.40. The van der Waals surface area contributed by atoms with Gasteiger partial charge in [-0.2, -0.15) is 0 Å². The second-order valence-corrected chi connectivity index (χ2v) is 8.42. The summed E-state index contributed by atoms with van der Waals surface area (Å²) < 4.78 is 16.3. The van der Waals surface area contributed by atoms with E-state index >= 15 is 0 Å². The van der Waals surface area contributed by atoms with Gasteiger partial charge in [0.2, 0.25) is 12.7 Å². The maximum atomic E-state index is 12.5. The average Bonchev–Trinajstić information content (AvgIpc) is 3.21. The first-order valence-corrected chi connectivity index (χ1v) is 9.70. The third-order valence-corrected chi connectivity index (χ3v) is 5.85. The fraction of sp³-hybridized carbons (Fsp3) is 0.524. The highest BCUT2D eigenvalue weighted by molar-refractivity contribution is 5.77. The van der Waals surface area contributed by atoms with E-state index in [1.807, 2.05) is 17.0 Å². The van der Waals surface area contributed by atoms with Crippen LogP contribution in [0.5, 0.6) is 11.5 Å². The normalized spacial score (nSPS) is 24.5. The van der Waals surface area contributed by atoms with Crippen LogP contribution in [0.15, 0.2) is 28.8 Å². The first-order chi connectivity index (χ1) is 13.1. The smallest absolute Gasteiger partial charge is 0.231 e. The van der Waals surface area contributed by atoms with Crippen LogP contribution in [0.1, 0.15) is 55.5 Å². The van der Waals surface area contributed by atoms with Gasteiger partial charge in [0.25, 0.3) is 0 Å². The highest BCUT2D eigenvalue weighted by Crippen LogP contribution is 2.41. The number of piperidine rings is 1. The summed E-state index contributed by atoms with van der Waals surface area (Å²) in [4.78, 5) is 14.4. The van der Waals surface area contributed by atoms with Crippen molar-refractivity contribution in [3.63, 3.8) is 0 Å². The van der Waals surface area contributed by atoms with Gasteiger partial charge in [0.1, 0.15) is 11.5 Å².